The van der Waals surface area contributed by atoms with E-state index in [2.05, 4.69) is 10.3 Å². The molecule has 0 saturated carbocycles. The zero-order valence-electron chi connectivity index (χ0n) is 15.1. The number of rotatable bonds is 3. The molecule has 138 valence electrons. The topological polar surface area (TPSA) is 54.6 Å². The third-order valence-electron chi connectivity index (χ3n) is 4.23. The molecule has 0 aliphatic carbocycles. The molecule has 28 heavy (non-hydrogen) atoms. The van der Waals surface area contributed by atoms with Crippen LogP contribution in [0, 0.1) is 6.92 Å². The van der Waals surface area contributed by atoms with Gasteiger partial charge in [0.1, 0.15) is 11.1 Å². The monoisotopic (exact) mass is 388 g/mol. The number of nitrogens with one attached hydrogen (secondary N) is 1. The first kappa shape index (κ1) is 18.0. The lowest BCUT2D eigenvalue weighted by molar-refractivity contribution is 0.102. The van der Waals surface area contributed by atoms with Crippen LogP contribution >= 0.6 is 11.6 Å². The molecule has 1 heterocycles. The van der Waals surface area contributed by atoms with Crippen LogP contribution in [0.2, 0.25) is 5.02 Å². The Morgan fingerprint density at radius 2 is 1.75 bits per heavy atom. The number of amides is 1. The van der Waals surface area contributed by atoms with E-state index >= 15 is 0 Å². The van der Waals surface area contributed by atoms with Crippen molar-refractivity contribution in [2.45, 2.75) is 6.92 Å². The highest BCUT2D eigenvalue weighted by Gasteiger charge is 2.13. The van der Waals surface area contributed by atoms with Crippen LogP contribution in [0.5, 0.6) is 0 Å². The first-order valence-corrected chi connectivity index (χ1v) is 9.17. The summed E-state index contributed by atoms with van der Waals surface area (Å²) >= 11 is 5.92. The number of hydrogen-bond donors (Lipinski definition) is 1. The molecule has 0 radical (unpaired) electrons. The Balaban J connectivity index is 1.83. The molecule has 5 heteroatoms. The average Bonchev–Trinajstić information content (AvgIpc) is 2.69. The number of carbonyl (C=O) groups is 1. The Labute approximate surface area is 167 Å². The van der Waals surface area contributed by atoms with Crippen LogP contribution in [0.1, 0.15) is 15.9 Å². The van der Waals surface area contributed by atoms with E-state index in [9.17, 15) is 4.79 Å². The summed E-state index contributed by atoms with van der Waals surface area (Å²) < 4.78 is 5.97. The molecule has 0 aliphatic rings. The standard InChI is InChI=1S/C23H17ClN2O2/c1-15-5-4-7-19(13-15)26-23-20(14-16-6-2-3-8-21(16)28-23)22(27)25-18-11-9-17(24)10-12-18/h2-14H,1H3,(H,25,27). The van der Waals surface area contributed by atoms with Crippen LogP contribution in [-0.2, 0) is 0 Å². The second-order valence-electron chi connectivity index (χ2n) is 6.41. The molecule has 4 aromatic rings. The molecular formula is C23H17ClN2O2. The number of anilines is 1. The van der Waals surface area contributed by atoms with Gasteiger partial charge < -0.3 is 9.73 Å². The van der Waals surface area contributed by atoms with Gasteiger partial charge in [-0.15, -0.1) is 0 Å². The number of halogens is 1. The maximum atomic E-state index is 13.0. The molecule has 4 rings (SSSR count). The first-order valence-electron chi connectivity index (χ1n) is 8.80. The zero-order valence-corrected chi connectivity index (χ0v) is 15.9. The number of carbonyl (C=O) groups excluding carboxylic acids is 1. The average molecular weight is 389 g/mol. The number of para-hydroxylation sites is 1. The Hall–Kier alpha value is -3.37. The van der Waals surface area contributed by atoms with Gasteiger partial charge in [-0.05, 0) is 61.0 Å². The quantitative estimate of drug-likeness (QED) is 0.476. The van der Waals surface area contributed by atoms with Gasteiger partial charge in [-0.1, -0.05) is 41.9 Å². The van der Waals surface area contributed by atoms with Crippen LogP contribution in [0.4, 0.5) is 11.4 Å². The van der Waals surface area contributed by atoms with Crippen molar-refractivity contribution < 1.29 is 9.21 Å². The second-order valence-corrected chi connectivity index (χ2v) is 6.85. The minimum Gasteiger partial charge on any atom is -0.438 e. The summed E-state index contributed by atoms with van der Waals surface area (Å²) in [7, 11) is 0. The number of benzene rings is 3. The van der Waals surface area contributed by atoms with Crippen LogP contribution in [0.15, 0.2) is 88.3 Å². The third kappa shape index (κ3) is 3.97. The SMILES string of the molecule is Cc1cccc(N=c2oc3ccccc3cc2C(=O)Nc2ccc(Cl)cc2)c1. The molecular weight excluding hydrogens is 372 g/mol. The molecule has 0 aliphatic heterocycles. The van der Waals surface area contributed by atoms with Gasteiger partial charge in [-0.25, -0.2) is 4.99 Å². The Morgan fingerprint density at radius 3 is 2.54 bits per heavy atom. The smallest absolute Gasteiger partial charge is 0.261 e. The van der Waals surface area contributed by atoms with E-state index in [1.807, 2.05) is 55.5 Å². The lowest BCUT2D eigenvalue weighted by Gasteiger charge is -2.07. The molecule has 1 aromatic heterocycles. The van der Waals surface area contributed by atoms with Crippen LogP contribution in [0.25, 0.3) is 11.0 Å². The summed E-state index contributed by atoms with van der Waals surface area (Å²) in [5, 5.41) is 4.30. The van der Waals surface area contributed by atoms with Crippen LogP contribution in [0.3, 0.4) is 0 Å². The van der Waals surface area contributed by atoms with E-state index in [1.165, 1.54) is 0 Å². The highest BCUT2D eigenvalue weighted by atomic mass is 35.5. The predicted molar refractivity (Wildman–Crippen MR) is 112 cm³/mol. The van der Waals surface area contributed by atoms with E-state index in [-0.39, 0.29) is 11.5 Å². The van der Waals surface area contributed by atoms with Crippen molar-refractivity contribution in [3.05, 3.63) is 101 Å². The molecule has 0 bridgehead atoms. The van der Waals surface area contributed by atoms with E-state index < -0.39 is 0 Å². The fourth-order valence-corrected chi connectivity index (χ4v) is 2.99. The minimum atomic E-state index is -0.303. The number of aryl methyl sites for hydroxylation is 1. The summed E-state index contributed by atoms with van der Waals surface area (Å²) in [5.41, 5.74) is 3.72. The van der Waals surface area contributed by atoms with E-state index in [0.29, 0.717) is 21.9 Å². The van der Waals surface area contributed by atoms with Gasteiger partial charge in [0.2, 0.25) is 5.55 Å². The van der Waals surface area contributed by atoms with Crippen molar-refractivity contribution >= 4 is 39.9 Å². The molecule has 1 amide bonds. The first-order chi connectivity index (χ1) is 13.6. The van der Waals surface area contributed by atoms with Gasteiger partial charge in [0.05, 0.1) is 5.69 Å². The van der Waals surface area contributed by atoms with Gasteiger partial charge in [0.15, 0.2) is 0 Å². The molecule has 0 unspecified atom stereocenters. The van der Waals surface area contributed by atoms with Crippen molar-refractivity contribution in [2.24, 2.45) is 4.99 Å². The molecule has 0 saturated heterocycles. The lowest BCUT2D eigenvalue weighted by Crippen LogP contribution is -2.21. The van der Waals surface area contributed by atoms with Gasteiger partial charge in [-0.2, -0.15) is 0 Å². The van der Waals surface area contributed by atoms with E-state index in [0.717, 1.165) is 16.6 Å². The van der Waals surface area contributed by atoms with Crippen molar-refractivity contribution in [1.29, 1.82) is 0 Å². The van der Waals surface area contributed by atoms with Gasteiger partial charge in [0.25, 0.3) is 5.91 Å². The van der Waals surface area contributed by atoms with Crippen molar-refractivity contribution in [1.82, 2.24) is 0 Å². The van der Waals surface area contributed by atoms with Crippen molar-refractivity contribution in [3.63, 3.8) is 0 Å². The number of fused-ring (bicyclic) bond motifs is 1. The minimum absolute atomic E-state index is 0.260. The Kier molecular flexibility index (Phi) is 4.96. The summed E-state index contributed by atoms with van der Waals surface area (Å²) in [5.74, 6) is -0.303. The van der Waals surface area contributed by atoms with Crippen LogP contribution < -0.4 is 10.9 Å². The fraction of sp³-hybridized carbons (Fsp3) is 0.0435. The van der Waals surface area contributed by atoms with Gasteiger partial charge >= 0.3 is 0 Å². The molecule has 1 N–H and O–H groups in total. The molecule has 0 fully saturated rings. The summed E-state index contributed by atoms with van der Waals surface area (Å²) in [4.78, 5) is 17.5. The normalized spacial score (nSPS) is 11.6. The van der Waals surface area contributed by atoms with E-state index in [1.54, 1.807) is 30.3 Å². The van der Waals surface area contributed by atoms with E-state index in [4.69, 9.17) is 16.0 Å². The largest absolute Gasteiger partial charge is 0.438 e. The van der Waals surface area contributed by atoms with Gasteiger partial charge in [0, 0.05) is 16.1 Å². The Bertz CT molecular complexity index is 1230. The summed E-state index contributed by atoms with van der Waals surface area (Å²) in [6.07, 6.45) is 0. The summed E-state index contributed by atoms with van der Waals surface area (Å²) in [6, 6.07) is 24.0. The van der Waals surface area contributed by atoms with Gasteiger partial charge in [-0.3, -0.25) is 4.79 Å². The van der Waals surface area contributed by atoms with Crippen LogP contribution in [-0.4, -0.2) is 5.91 Å². The molecule has 3 aromatic carbocycles. The lowest BCUT2D eigenvalue weighted by atomic mass is 10.1. The maximum Gasteiger partial charge on any atom is 0.261 e. The molecule has 0 spiro atoms. The summed E-state index contributed by atoms with van der Waals surface area (Å²) in [6.45, 7) is 1.99. The third-order valence-corrected chi connectivity index (χ3v) is 4.49. The Morgan fingerprint density at radius 1 is 0.964 bits per heavy atom. The highest BCUT2D eigenvalue weighted by Crippen LogP contribution is 2.18. The fourth-order valence-electron chi connectivity index (χ4n) is 2.86. The number of nitrogens with zero attached hydrogens (tertiary/aromatic N) is 1. The predicted octanol–water partition coefficient (Wildman–Crippen LogP) is 5.88. The highest BCUT2D eigenvalue weighted by molar-refractivity contribution is 6.30. The maximum absolute atomic E-state index is 13.0. The zero-order chi connectivity index (χ0) is 19.5. The molecule has 4 nitrogen and oxygen atoms in total. The second kappa shape index (κ2) is 7.71. The van der Waals surface area contributed by atoms with Crippen molar-refractivity contribution in [2.75, 3.05) is 5.32 Å². The van der Waals surface area contributed by atoms with Crippen molar-refractivity contribution in [3.8, 4) is 0 Å². The number of hydrogen-bond acceptors (Lipinski definition) is 3. The molecule has 0 atom stereocenters.